The molecule has 0 unspecified atom stereocenters. The second-order valence-corrected chi connectivity index (χ2v) is 9.28. The molecule has 4 heteroatoms. The topological polar surface area (TPSA) is 38.7 Å². The van der Waals surface area contributed by atoms with Crippen LogP contribution < -0.4 is 0 Å². The molecule has 2 atom stereocenters. The maximum absolute atomic E-state index is 9.78. The molecule has 0 radical (unpaired) electrons. The van der Waals surface area contributed by atoms with E-state index in [9.17, 15) is 5.11 Å². The molecule has 1 N–H and O–H groups in total. The maximum atomic E-state index is 9.78. The van der Waals surface area contributed by atoms with Gasteiger partial charge in [0.1, 0.15) is 27.1 Å². The van der Waals surface area contributed by atoms with Gasteiger partial charge in [0, 0.05) is 7.11 Å². The Balaban J connectivity index is 4.58. The van der Waals surface area contributed by atoms with Crippen molar-refractivity contribution >= 4 is 8.07 Å². The molecule has 0 bridgehead atoms. The fourth-order valence-electron chi connectivity index (χ4n) is 0.953. The van der Waals surface area contributed by atoms with E-state index in [4.69, 9.17) is 9.47 Å². The highest BCUT2D eigenvalue weighted by molar-refractivity contribution is 6.83. The largest absolute Gasteiger partial charge is 0.385 e. The van der Waals surface area contributed by atoms with Crippen molar-refractivity contribution in [1.29, 1.82) is 0 Å². The van der Waals surface area contributed by atoms with Gasteiger partial charge in [0.25, 0.3) is 0 Å². The summed E-state index contributed by atoms with van der Waals surface area (Å²) in [6, 6.07) is 0. The van der Waals surface area contributed by atoms with Crippen molar-refractivity contribution in [3.8, 4) is 11.5 Å². The summed E-state index contributed by atoms with van der Waals surface area (Å²) in [4.78, 5) is 0. The van der Waals surface area contributed by atoms with Crippen molar-refractivity contribution in [1.82, 2.24) is 0 Å². The predicted molar refractivity (Wildman–Crippen MR) is 68.7 cm³/mol. The normalized spacial score (nSPS) is 15.6. The molecule has 0 aromatic heterocycles. The fourth-order valence-corrected chi connectivity index (χ4v) is 1.53. The minimum atomic E-state index is -1.45. The summed E-state index contributed by atoms with van der Waals surface area (Å²) in [5, 5.41) is 9.78. The molecule has 0 spiro atoms. The van der Waals surface area contributed by atoms with Crippen LogP contribution in [0.15, 0.2) is 12.2 Å². The van der Waals surface area contributed by atoms with Crippen molar-refractivity contribution in [2.24, 2.45) is 0 Å². The van der Waals surface area contributed by atoms with Crippen molar-refractivity contribution in [2.45, 2.75) is 38.8 Å². The number of methoxy groups -OCH3 is 1. The smallest absolute Gasteiger partial charge is 0.149 e. The van der Waals surface area contributed by atoms with Crippen LogP contribution in [-0.4, -0.2) is 39.3 Å². The lowest BCUT2D eigenvalue weighted by Crippen LogP contribution is -2.28. The quantitative estimate of drug-likeness (QED) is 0.346. The van der Waals surface area contributed by atoms with Gasteiger partial charge in [-0.05, 0) is 6.92 Å². The van der Waals surface area contributed by atoms with E-state index in [0.29, 0.717) is 0 Å². The first-order chi connectivity index (χ1) is 7.40. The average Bonchev–Trinajstić information content (AvgIpc) is 2.16. The van der Waals surface area contributed by atoms with Gasteiger partial charge in [0.15, 0.2) is 0 Å². The maximum Gasteiger partial charge on any atom is 0.149 e. The molecule has 92 valence electrons. The van der Waals surface area contributed by atoms with Gasteiger partial charge in [-0.15, -0.1) is 5.54 Å². The number of allylic oxidation sites excluding steroid dienone is 1. The average molecular weight is 242 g/mol. The van der Waals surface area contributed by atoms with Gasteiger partial charge in [-0.25, -0.2) is 0 Å². The van der Waals surface area contributed by atoms with Gasteiger partial charge in [-0.2, -0.15) is 0 Å². The second-order valence-electron chi connectivity index (χ2n) is 4.53. The zero-order valence-electron chi connectivity index (χ0n) is 10.8. The number of rotatable bonds is 5. The lowest BCUT2D eigenvalue weighted by molar-refractivity contribution is -0.0797. The second kappa shape index (κ2) is 7.63. The van der Waals surface area contributed by atoms with E-state index >= 15 is 0 Å². The van der Waals surface area contributed by atoms with E-state index in [1.807, 2.05) is 6.92 Å². The SMILES string of the molecule is C/C=C/[C@@H](O)[C@@H](C#C[Si](C)(C)C)OCOC. The van der Waals surface area contributed by atoms with Crippen molar-refractivity contribution in [2.75, 3.05) is 13.9 Å². The van der Waals surface area contributed by atoms with Crippen LogP contribution in [0.4, 0.5) is 0 Å². The summed E-state index contributed by atoms with van der Waals surface area (Å²) in [5.41, 5.74) is 3.18. The third kappa shape index (κ3) is 7.66. The van der Waals surface area contributed by atoms with E-state index in [0.717, 1.165) is 0 Å². The molecule has 0 amide bonds. The van der Waals surface area contributed by atoms with Crippen LogP contribution in [0.3, 0.4) is 0 Å². The highest BCUT2D eigenvalue weighted by Gasteiger charge is 2.16. The van der Waals surface area contributed by atoms with Crippen LogP contribution in [0.2, 0.25) is 19.6 Å². The molecule has 16 heavy (non-hydrogen) atoms. The highest BCUT2D eigenvalue weighted by Crippen LogP contribution is 2.03. The minimum absolute atomic E-state index is 0.139. The van der Waals surface area contributed by atoms with E-state index in [2.05, 4.69) is 31.1 Å². The van der Waals surface area contributed by atoms with Crippen LogP contribution in [0.5, 0.6) is 0 Å². The Morgan fingerprint density at radius 3 is 2.44 bits per heavy atom. The van der Waals surface area contributed by atoms with Gasteiger partial charge in [-0.3, -0.25) is 0 Å². The zero-order valence-corrected chi connectivity index (χ0v) is 11.8. The Morgan fingerprint density at radius 2 is 2.00 bits per heavy atom. The molecule has 0 aromatic carbocycles. The van der Waals surface area contributed by atoms with Crippen molar-refractivity contribution in [3.63, 3.8) is 0 Å². The van der Waals surface area contributed by atoms with Gasteiger partial charge >= 0.3 is 0 Å². The molecule has 0 saturated carbocycles. The number of hydrogen-bond donors (Lipinski definition) is 1. The van der Waals surface area contributed by atoms with Crippen molar-refractivity contribution in [3.05, 3.63) is 12.2 Å². The Bertz CT molecular complexity index is 270. The first-order valence-corrected chi connectivity index (χ1v) is 8.85. The van der Waals surface area contributed by atoms with E-state index in [-0.39, 0.29) is 6.79 Å². The molecule has 0 saturated heterocycles. The molecule has 0 aromatic rings. The molecule has 0 aliphatic carbocycles. The summed E-state index contributed by atoms with van der Waals surface area (Å²) < 4.78 is 10.1. The summed E-state index contributed by atoms with van der Waals surface area (Å²) >= 11 is 0. The summed E-state index contributed by atoms with van der Waals surface area (Å²) in [6.07, 6.45) is 2.23. The Hall–Kier alpha value is -0.603. The Labute approximate surface area is 99.5 Å². The summed E-state index contributed by atoms with van der Waals surface area (Å²) in [6.45, 7) is 8.43. The number of ether oxygens (including phenoxy) is 2. The fraction of sp³-hybridized carbons (Fsp3) is 0.667. The van der Waals surface area contributed by atoms with Crippen molar-refractivity contribution < 1.29 is 14.6 Å². The zero-order chi connectivity index (χ0) is 12.6. The summed E-state index contributed by atoms with van der Waals surface area (Å²) in [5.74, 6) is 2.99. The lowest BCUT2D eigenvalue weighted by atomic mass is 10.2. The van der Waals surface area contributed by atoms with Gasteiger partial charge < -0.3 is 14.6 Å². The Kier molecular flexibility index (Phi) is 7.35. The Morgan fingerprint density at radius 1 is 1.38 bits per heavy atom. The molecule has 0 heterocycles. The van der Waals surface area contributed by atoms with Crippen LogP contribution in [-0.2, 0) is 9.47 Å². The molecule has 0 fully saturated rings. The molecule has 0 rings (SSSR count). The van der Waals surface area contributed by atoms with Crippen LogP contribution in [0.1, 0.15) is 6.92 Å². The molecule has 0 aliphatic rings. The first kappa shape index (κ1) is 15.4. The third-order valence-corrected chi connectivity index (χ3v) is 2.55. The third-order valence-electron chi connectivity index (χ3n) is 1.65. The first-order valence-electron chi connectivity index (χ1n) is 5.35. The van der Waals surface area contributed by atoms with E-state index in [1.165, 1.54) is 0 Å². The number of aliphatic hydroxyl groups is 1. The van der Waals surface area contributed by atoms with Crippen LogP contribution >= 0.6 is 0 Å². The lowest BCUT2D eigenvalue weighted by Gasteiger charge is -2.16. The summed E-state index contributed by atoms with van der Waals surface area (Å²) in [7, 11) is 0.102. The van der Waals surface area contributed by atoms with Crippen LogP contribution in [0, 0.1) is 11.5 Å². The van der Waals surface area contributed by atoms with Gasteiger partial charge in [0.2, 0.25) is 0 Å². The monoisotopic (exact) mass is 242 g/mol. The van der Waals surface area contributed by atoms with E-state index < -0.39 is 20.3 Å². The molecular weight excluding hydrogens is 220 g/mol. The van der Waals surface area contributed by atoms with Gasteiger partial charge in [-0.1, -0.05) is 37.7 Å². The van der Waals surface area contributed by atoms with E-state index in [1.54, 1.807) is 19.3 Å². The predicted octanol–water partition coefficient (Wildman–Crippen LogP) is 1.79. The molecule has 0 aliphatic heterocycles. The highest BCUT2D eigenvalue weighted by atomic mass is 28.3. The standard InChI is InChI=1S/C12H22O3Si/c1-6-7-11(13)12(15-10-14-2)8-9-16(3,4)5/h6-7,11-13H,10H2,1-5H3/b7-6+/t11-,12-/m1/s1. The molecule has 3 nitrogen and oxygen atoms in total. The van der Waals surface area contributed by atoms with Crippen LogP contribution in [0.25, 0.3) is 0 Å². The minimum Gasteiger partial charge on any atom is -0.385 e. The number of hydrogen-bond acceptors (Lipinski definition) is 3. The molecular formula is C12H22O3Si. The number of aliphatic hydroxyl groups excluding tert-OH is 1. The van der Waals surface area contributed by atoms with Gasteiger partial charge in [0.05, 0.1) is 0 Å².